The third-order valence-corrected chi connectivity index (χ3v) is 5.93. The first kappa shape index (κ1) is 20.7. The number of carbonyl (C=O) groups is 2. The second-order valence-corrected chi connectivity index (χ2v) is 8.28. The summed E-state index contributed by atoms with van der Waals surface area (Å²) >= 11 is 1.65. The molecule has 0 spiro atoms. The van der Waals surface area contributed by atoms with Crippen molar-refractivity contribution in [1.29, 1.82) is 0 Å². The summed E-state index contributed by atoms with van der Waals surface area (Å²) in [5.74, 6) is -2.49. The maximum absolute atomic E-state index is 13.9. The summed E-state index contributed by atoms with van der Waals surface area (Å²) in [6.07, 6.45) is 1.69. The van der Waals surface area contributed by atoms with Crippen molar-refractivity contribution in [3.8, 4) is 0 Å². The van der Waals surface area contributed by atoms with Crippen molar-refractivity contribution < 1.29 is 23.1 Å². The van der Waals surface area contributed by atoms with Crippen molar-refractivity contribution in [2.75, 3.05) is 18.1 Å². The molecule has 1 heterocycles. The Kier molecular flexibility index (Phi) is 6.65. The van der Waals surface area contributed by atoms with Gasteiger partial charge in [-0.05, 0) is 43.2 Å². The molecule has 2 atom stereocenters. The third-order valence-electron chi connectivity index (χ3n) is 5.07. The predicted octanol–water partition coefficient (Wildman–Crippen LogP) is 4.44. The van der Waals surface area contributed by atoms with Crippen LogP contribution in [0.1, 0.15) is 44.6 Å². The molecule has 0 fully saturated rings. The highest BCUT2D eigenvalue weighted by atomic mass is 32.2. The molecule has 4 nitrogen and oxygen atoms in total. The topological polar surface area (TPSA) is 55.7 Å². The molecule has 0 saturated carbocycles. The number of hydrogen-bond acceptors (Lipinski definition) is 5. The maximum atomic E-state index is 13.9. The van der Waals surface area contributed by atoms with E-state index >= 15 is 0 Å². The highest BCUT2D eigenvalue weighted by molar-refractivity contribution is 7.99. The second kappa shape index (κ2) is 8.99. The van der Waals surface area contributed by atoms with Gasteiger partial charge >= 0.3 is 5.97 Å². The van der Waals surface area contributed by atoms with E-state index in [4.69, 9.17) is 4.74 Å². The Morgan fingerprint density at radius 1 is 1.29 bits per heavy atom. The number of ketones is 1. The van der Waals surface area contributed by atoms with Crippen molar-refractivity contribution >= 4 is 29.2 Å². The van der Waals surface area contributed by atoms with Gasteiger partial charge in [-0.3, -0.25) is 14.6 Å². The van der Waals surface area contributed by atoms with E-state index in [2.05, 4.69) is 4.99 Å². The minimum absolute atomic E-state index is 0.0911. The number of Topliss-reactive ketones (excluding diaryl/α,β-unsaturated/α-hetero) is 1. The van der Waals surface area contributed by atoms with Gasteiger partial charge in [-0.1, -0.05) is 13.0 Å². The molecule has 1 aromatic carbocycles. The number of aliphatic imine (C=N–C) groups is 1. The van der Waals surface area contributed by atoms with Gasteiger partial charge in [0.05, 0.1) is 0 Å². The molecule has 0 aromatic heterocycles. The average Bonchev–Trinajstić information content (AvgIpc) is 2.66. The van der Waals surface area contributed by atoms with E-state index in [0.717, 1.165) is 17.9 Å². The standard InChI is InChI=1S/C21H23F2NO3S/c1-3-28-10-9-27-21(26)18-12(2)24-16-5-4-6-17(25)20(16)19(18)13-7-8-14(22)15(23)11-13/h7-8,11,18-19H,3-6,9-10H2,1-2H3/t18?,19-/m0/s1. The monoisotopic (exact) mass is 407 g/mol. The Labute approximate surface area is 167 Å². The molecule has 0 radical (unpaired) electrons. The third kappa shape index (κ3) is 4.19. The molecule has 1 aliphatic carbocycles. The van der Waals surface area contributed by atoms with E-state index in [1.165, 1.54) is 6.07 Å². The number of nitrogens with zero attached hydrogens (tertiary/aromatic N) is 1. The molecule has 7 heteroatoms. The lowest BCUT2D eigenvalue weighted by Crippen LogP contribution is -2.37. The highest BCUT2D eigenvalue weighted by Gasteiger charge is 2.43. The molecule has 1 unspecified atom stereocenters. The van der Waals surface area contributed by atoms with E-state index in [9.17, 15) is 18.4 Å². The molecule has 28 heavy (non-hydrogen) atoms. The number of allylic oxidation sites excluding steroid dienone is 2. The van der Waals surface area contributed by atoms with Crippen LogP contribution in [0.25, 0.3) is 0 Å². The van der Waals surface area contributed by atoms with Gasteiger partial charge in [0.25, 0.3) is 0 Å². The van der Waals surface area contributed by atoms with Crippen LogP contribution in [0.5, 0.6) is 0 Å². The fourth-order valence-corrected chi connectivity index (χ4v) is 4.30. The SMILES string of the molecule is CCSCCOC(=O)C1C(C)=NC2=C(C(=O)CCC2)[C@H]1c1ccc(F)c(F)c1. The smallest absolute Gasteiger partial charge is 0.315 e. The number of hydrogen-bond donors (Lipinski definition) is 0. The van der Waals surface area contributed by atoms with Gasteiger partial charge in [0, 0.05) is 35.1 Å². The Morgan fingerprint density at radius 3 is 2.79 bits per heavy atom. The molecule has 2 aliphatic rings. The minimum atomic E-state index is -1.01. The molecule has 0 amide bonds. The summed E-state index contributed by atoms with van der Waals surface area (Å²) in [4.78, 5) is 30.1. The molecule has 1 aliphatic heterocycles. The van der Waals surface area contributed by atoms with Gasteiger partial charge in [-0.25, -0.2) is 8.78 Å². The predicted molar refractivity (Wildman–Crippen MR) is 106 cm³/mol. The molecule has 3 rings (SSSR count). The summed E-state index contributed by atoms with van der Waals surface area (Å²) in [5, 5.41) is 0. The summed E-state index contributed by atoms with van der Waals surface area (Å²) in [5.41, 5.74) is 2.01. The average molecular weight is 407 g/mol. The summed E-state index contributed by atoms with van der Waals surface area (Å²) in [6.45, 7) is 4.00. The Bertz CT molecular complexity index is 850. The van der Waals surface area contributed by atoms with Gasteiger partial charge in [0.15, 0.2) is 17.4 Å². The van der Waals surface area contributed by atoms with E-state index < -0.39 is 29.4 Å². The summed E-state index contributed by atoms with van der Waals surface area (Å²) in [7, 11) is 0. The van der Waals surface area contributed by atoms with Crippen LogP contribution in [0.15, 0.2) is 34.5 Å². The first-order valence-corrected chi connectivity index (χ1v) is 10.6. The number of carbonyl (C=O) groups excluding carboxylic acids is 2. The van der Waals surface area contributed by atoms with Gasteiger partial charge in [-0.2, -0.15) is 11.8 Å². The maximum Gasteiger partial charge on any atom is 0.315 e. The van der Waals surface area contributed by atoms with Crippen LogP contribution >= 0.6 is 11.8 Å². The number of thioether (sulfide) groups is 1. The van der Waals surface area contributed by atoms with Crippen LogP contribution in [0, 0.1) is 17.6 Å². The van der Waals surface area contributed by atoms with Crippen molar-refractivity contribution in [3.63, 3.8) is 0 Å². The van der Waals surface area contributed by atoms with E-state index in [1.54, 1.807) is 18.7 Å². The number of halogens is 2. The van der Waals surface area contributed by atoms with Crippen LogP contribution in [0.2, 0.25) is 0 Å². The fraction of sp³-hybridized carbons (Fsp3) is 0.476. The van der Waals surface area contributed by atoms with Crippen molar-refractivity contribution in [3.05, 3.63) is 46.7 Å². The lowest BCUT2D eigenvalue weighted by molar-refractivity contribution is -0.145. The number of benzene rings is 1. The Hall–Kier alpha value is -2.02. The van der Waals surface area contributed by atoms with Gasteiger partial charge in [0.1, 0.15) is 12.5 Å². The molecule has 0 bridgehead atoms. The minimum Gasteiger partial charge on any atom is -0.464 e. The number of rotatable bonds is 6. The zero-order chi connectivity index (χ0) is 20.3. The van der Waals surface area contributed by atoms with Gasteiger partial charge < -0.3 is 4.74 Å². The van der Waals surface area contributed by atoms with Crippen molar-refractivity contribution in [2.24, 2.45) is 10.9 Å². The second-order valence-electron chi connectivity index (χ2n) is 6.88. The number of ether oxygens (including phenoxy) is 1. The van der Waals surface area contributed by atoms with E-state index in [0.29, 0.717) is 47.6 Å². The van der Waals surface area contributed by atoms with Crippen LogP contribution in [-0.4, -0.2) is 35.6 Å². The zero-order valence-corrected chi connectivity index (χ0v) is 16.8. The van der Waals surface area contributed by atoms with Crippen molar-refractivity contribution in [1.82, 2.24) is 0 Å². The largest absolute Gasteiger partial charge is 0.464 e. The lowest BCUT2D eigenvalue weighted by atomic mass is 9.72. The molecule has 150 valence electrons. The first-order chi connectivity index (χ1) is 13.4. The molecular weight excluding hydrogens is 384 g/mol. The van der Waals surface area contributed by atoms with Gasteiger partial charge in [0.2, 0.25) is 0 Å². The molecule has 1 aromatic rings. The molecule has 0 saturated heterocycles. The quantitative estimate of drug-likeness (QED) is 0.517. The summed E-state index contributed by atoms with van der Waals surface area (Å²) in [6, 6.07) is 3.53. The summed E-state index contributed by atoms with van der Waals surface area (Å²) < 4.78 is 32.9. The Morgan fingerprint density at radius 2 is 2.07 bits per heavy atom. The number of esters is 1. The van der Waals surface area contributed by atoms with E-state index in [-0.39, 0.29) is 12.4 Å². The normalized spacial score (nSPS) is 22.0. The zero-order valence-electron chi connectivity index (χ0n) is 16.0. The first-order valence-electron chi connectivity index (χ1n) is 9.44. The fourth-order valence-electron chi connectivity index (χ4n) is 3.81. The highest BCUT2D eigenvalue weighted by Crippen LogP contribution is 2.43. The molecular formula is C21H23F2NO3S. The van der Waals surface area contributed by atoms with Crippen LogP contribution in [0.3, 0.4) is 0 Å². The Balaban J connectivity index is 2.00. The lowest BCUT2D eigenvalue weighted by Gasteiger charge is -2.34. The van der Waals surface area contributed by atoms with E-state index in [1.807, 2.05) is 6.92 Å². The van der Waals surface area contributed by atoms with Gasteiger partial charge in [-0.15, -0.1) is 0 Å². The van der Waals surface area contributed by atoms with Crippen LogP contribution in [0.4, 0.5) is 8.78 Å². The van der Waals surface area contributed by atoms with Crippen LogP contribution < -0.4 is 0 Å². The van der Waals surface area contributed by atoms with Crippen molar-refractivity contribution in [2.45, 2.75) is 39.0 Å². The van der Waals surface area contributed by atoms with Crippen LogP contribution in [-0.2, 0) is 14.3 Å². The molecule has 0 N–H and O–H groups in total.